The summed E-state index contributed by atoms with van der Waals surface area (Å²) in [6.07, 6.45) is -4.19. The third kappa shape index (κ3) is 2.45. The Morgan fingerprint density at radius 1 is 1.44 bits per heavy atom. The molecule has 0 radical (unpaired) electrons. The van der Waals surface area contributed by atoms with Crippen LogP contribution < -0.4 is 5.32 Å². The van der Waals surface area contributed by atoms with E-state index in [1.807, 2.05) is 0 Å². The van der Waals surface area contributed by atoms with Gasteiger partial charge in [-0.3, -0.25) is 4.79 Å². The Balaban J connectivity index is 2.48. The zero-order chi connectivity index (χ0) is 13.3. The molecule has 0 fully saturated rings. The van der Waals surface area contributed by atoms with Crippen molar-refractivity contribution < 1.29 is 18.0 Å². The van der Waals surface area contributed by atoms with Crippen LogP contribution in [0.5, 0.6) is 0 Å². The number of aromatic nitrogens is 1. The Morgan fingerprint density at radius 2 is 2.17 bits per heavy atom. The van der Waals surface area contributed by atoms with Crippen LogP contribution in [0.3, 0.4) is 0 Å². The highest BCUT2D eigenvalue weighted by Gasteiger charge is 2.33. The van der Waals surface area contributed by atoms with Crippen LogP contribution in [0.1, 0.15) is 18.9 Å². The monoisotopic (exact) mass is 274 g/mol. The van der Waals surface area contributed by atoms with Gasteiger partial charge in [0.2, 0.25) is 5.91 Å². The molecule has 1 N–H and O–H groups in total. The van der Waals surface area contributed by atoms with Gasteiger partial charge in [0.15, 0.2) is 5.13 Å². The molecule has 1 aromatic carbocycles. The smallest absolute Gasteiger partial charge is 0.302 e. The highest BCUT2D eigenvalue weighted by Crippen LogP contribution is 2.37. The van der Waals surface area contributed by atoms with E-state index < -0.39 is 11.7 Å². The second kappa shape index (κ2) is 4.56. The molecule has 0 saturated heterocycles. The van der Waals surface area contributed by atoms with Crippen LogP contribution >= 0.6 is 11.3 Å². The quantitative estimate of drug-likeness (QED) is 0.908. The second-order valence-corrected chi connectivity index (χ2v) is 4.60. The fourth-order valence-electron chi connectivity index (χ4n) is 1.44. The topological polar surface area (TPSA) is 42.0 Å². The summed E-state index contributed by atoms with van der Waals surface area (Å²) in [5, 5.41) is 2.65. The lowest BCUT2D eigenvalue weighted by Crippen LogP contribution is -2.09. The van der Waals surface area contributed by atoms with Crippen LogP contribution in [0.4, 0.5) is 18.3 Å². The molecule has 7 heteroatoms. The molecule has 0 atom stereocenters. The van der Waals surface area contributed by atoms with Gasteiger partial charge in [-0.15, -0.1) is 0 Å². The van der Waals surface area contributed by atoms with Crippen molar-refractivity contribution in [3.8, 4) is 0 Å². The zero-order valence-corrected chi connectivity index (χ0v) is 10.2. The van der Waals surface area contributed by atoms with Gasteiger partial charge in [-0.1, -0.05) is 24.3 Å². The molecule has 0 unspecified atom stereocenters. The van der Waals surface area contributed by atoms with Crippen molar-refractivity contribution >= 4 is 32.6 Å². The summed E-state index contributed by atoms with van der Waals surface area (Å²) in [5.41, 5.74) is -0.908. The van der Waals surface area contributed by atoms with Crippen molar-refractivity contribution in [1.82, 2.24) is 4.98 Å². The summed E-state index contributed by atoms with van der Waals surface area (Å²) in [7, 11) is 0. The van der Waals surface area contributed by atoms with E-state index in [-0.39, 0.29) is 23.0 Å². The summed E-state index contributed by atoms with van der Waals surface area (Å²) < 4.78 is 38.6. The van der Waals surface area contributed by atoms with Crippen LogP contribution in [-0.2, 0) is 11.0 Å². The second-order valence-electron chi connectivity index (χ2n) is 3.57. The number of fused-ring (bicyclic) bond motifs is 1. The molecule has 0 aliphatic rings. The third-order valence-corrected chi connectivity index (χ3v) is 3.23. The van der Waals surface area contributed by atoms with Crippen LogP contribution in [0.15, 0.2) is 18.2 Å². The SMILES string of the molecule is CCC(=O)Nc1nc2c(C(F)(F)F)cccc2s1. The number of hydrogen-bond acceptors (Lipinski definition) is 3. The van der Waals surface area contributed by atoms with Gasteiger partial charge in [-0.05, 0) is 12.1 Å². The highest BCUT2D eigenvalue weighted by molar-refractivity contribution is 7.22. The Labute approximate surface area is 105 Å². The number of amides is 1. The fourth-order valence-corrected chi connectivity index (χ4v) is 2.35. The van der Waals surface area contributed by atoms with Gasteiger partial charge in [0, 0.05) is 6.42 Å². The first-order valence-electron chi connectivity index (χ1n) is 5.18. The number of carbonyl (C=O) groups excluding carboxylic acids is 1. The van der Waals surface area contributed by atoms with E-state index in [0.717, 1.165) is 17.4 Å². The predicted octanol–water partition coefficient (Wildman–Crippen LogP) is 3.66. The number of nitrogens with one attached hydrogen (secondary N) is 1. The Morgan fingerprint density at radius 3 is 2.78 bits per heavy atom. The van der Waals surface area contributed by atoms with Gasteiger partial charge >= 0.3 is 6.18 Å². The summed E-state index contributed by atoms with van der Waals surface area (Å²) in [6.45, 7) is 1.66. The van der Waals surface area contributed by atoms with Gasteiger partial charge in [0.05, 0.1) is 15.8 Å². The van der Waals surface area contributed by atoms with Crippen LogP contribution in [0, 0.1) is 0 Å². The number of benzene rings is 1. The number of halogens is 3. The number of nitrogens with zero attached hydrogens (tertiary/aromatic N) is 1. The predicted molar refractivity (Wildman–Crippen MR) is 63.5 cm³/mol. The Kier molecular flexibility index (Phi) is 3.25. The normalized spacial score (nSPS) is 11.8. The van der Waals surface area contributed by atoms with Crippen molar-refractivity contribution in [2.45, 2.75) is 19.5 Å². The number of carbonyl (C=O) groups is 1. The average molecular weight is 274 g/mol. The number of para-hydroxylation sites is 1. The molecule has 0 bridgehead atoms. The zero-order valence-electron chi connectivity index (χ0n) is 9.34. The molecule has 1 aromatic heterocycles. The first-order valence-corrected chi connectivity index (χ1v) is 6.00. The largest absolute Gasteiger partial charge is 0.418 e. The molecule has 2 aromatic rings. The molecule has 96 valence electrons. The Hall–Kier alpha value is -1.63. The van der Waals surface area contributed by atoms with E-state index in [4.69, 9.17) is 0 Å². The Bertz CT molecular complexity index is 591. The van der Waals surface area contributed by atoms with Gasteiger partial charge in [-0.25, -0.2) is 4.98 Å². The molecule has 2 rings (SSSR count). The molecular formula is C11H9F3N2OS. The van der Waals surface area contributed by atoms with Gasteiger partial charge in [0.25, 0.3) is 0 Å². The minimum atomic E-state index is -4.44. The van der Waals surface area contributed by atoms with E-state index in [2.05, 4.69) is 10.3 Å². The van der Waals surface area contributed by atoms with Gasteiger partial charge in [-0.2, -0.15) is 13.2 Å². The lowest BCUT2D eigenvalue weighted by atomic mass is 10.2. The standard InChI is InChI=1S/C11H9F3N2OS/c1-2-8(17)15-10-16-9-6(11(12,13)14)4-3-5-7(9)18-10/h3-5H,2H2,1H3,(H,15,16,17). The van der Waals surface area contributed by atoms with Crippen molar-refractivity contribution in [2.75, 3.05) is 5.32 Å². The third-order valence-electron chi connectivity index (χ3n) is 2.29. The first kappa shape index (κ1) is 12.8. The first-order chi connectivity index (χ1) is 8.41. The van der Waals surface area contributed by atoms with Crippen molar-refractivity contribution in [1.29, 1.82) is 0 Å². The fraction of sp³-hybridized carbons (Fsp3) is 0.273. The van der Waals surface area contributed by atoms with Crippen LogP contribution in [0.25, 0.3) is 10.2 Å². The molecule has 1 amide bonds. The molecule has 0 aliphatic carbocycles. The summed E-state index contributed by atoms with van der Waals surface area (Å²) in [5.74, 6) is -0.275. The highest BCUT2D eigenvalue weighted by atomic mass is 32.1. The minimum absolute atomic E-state index is 0.124. The summed E-state index contributed by atoms with van der Waals surface area (Å²) in [6, 6.07) is 3.85. The van der Waals surface area contributed by atoms with Crippen LogP contribution in [-0.4, -0.2) is 10.9 Å². The van der Waals surface area contributed by atoms with Gasteiger partial charge in [0.1, 0.15) is 0 Å². The molecule has 3 nitrogen and oxygen atoms in total. The number of anilines is 1. The van der Waals surface area contributed by atoms with E-state index in [9.17, 15) is 18.0 Å². The number of thiazole rings is 1. The maximum atomic E-state index is 12.7. The van der Waals surface area contributed by atoms with Crippen molar-refractivity contribution in [2.24, 2.45) is 0 Å². The average Bonchev–Trinajstić information content (AvgIpc) is 2.68. The molecule has 1 heterocycles. The summed E-state index contributed by atoms with van der Waals surface area (Å²) >= 11 is 1.03. The summed E-state index contributed by atoms with van der Waals surface area (Å²) in [4.78, 5) is 15.0. The van der Waals surface area contributed by atoms with E-state index >= 15 is 0 Å². The molecule has 0 aliphatic heterocycles. The molecule has 0 spiro atoms. The van der Waals surface area contributed by atoms with Crippen LogP contribution in [0.2, 0.25) is 0 Å². The molecular weight excluding hydrogens is 265 g/mol. The lowest BCUT2D eigenvalue weighted by molar-refractivity contribution is -0.136. The van der Waals surface area contributed by atoms with E-state index in [0.29, 0.717) is 4.70 Å². The number of rotatable bonds is 2. The van der Waals surface area contributed by atoms with Gasteiger partial charge < -0.3 is 5.32 Å². The van der Waals surface area contributed by atoms with Crippen molar-refractivity contribution in [3.05, 3.63) is 23.8 Å². The molecule has 18 heavy (non-hydrogen) atoms. The van der Waals surface area contributed by atoms with Crippen molar-refractivity contribution in [3.63, 3.8) is 0 Å². The lowest BCUT2D eigenvalue weighted by Gasteiger charge is -2.05. The number of hydrogen-bond donors (Lipinski definition) is 1. The van der Waals surface area contributed by atoms with E-state index in [1.165, 1.54) is 6.07 Å². The maximum Gasteiger partial charge on any atom is 0.418 e. The molecule has 0 saturated carbocycles. The maximum absolute atomic E-state index is 12.7. The van der Waals surface area contributed by atoms with E-state index in [1.54, 1.807) is 13.0 Å². The number of alkyl halides is 3. The minimum Gasteiger partial charge on any atom is -0.302 e.